The Kier molecular flexibility index (Phi) is 13.4. The monoisotopic (exact) mass is 866 g/mol. The molecule has 0 spiro atoms. The smallest absolute Gasteiger partial charge is 0.170 e. The first-order valence-corrected chi connectivity index (χ1v) is 26.1. The lowest BCUT2D eigenvalue weighted by Crippen LogP contribution is -2.38. The van der Waals surface area contributed by atoms with Gasteiger partial charge in [-0.3, -0.25) is 9.59 Å². The molecule has 5 aliphatic carbocycles. The zero-order valence-electron chi connectivity index (χ0n) is 41.0. The zero-order chi connectivity index (χ0) is 45.5. The Morgan fingerprint density at radius 1 is 0.708 bits per heavy atom. The van der Waals surface area contributed by atoms with Gasteiger partial charge in [-0.1, -0.05) is 165 Å². The first-order valence-electron chi connectivity index (χ1n) is 26.1. The van der Waals surface area contributed by atoms with Crippen LogP contribution in [0.2, 0.25) is 0 Å². The minimum Gasteiger partial charge on any atom is -0.338 e. The number of carbonyl (C=O) groups excluding carboxylic acids is 2. The summed E-state index contributed by atoms with van der Waals surface area (Å²) in [6, 6.07) is 21.1. The number of allylic oxidation sites excluding steroid dienone is 10. The van der Waals surface area contributed by atoms with Crippen molar-refractivity contribution in [3.8, 4) is 0 Å². The van der Waals surface area contributed by atoms with E-state index in [1.54, 1.807) is 0 Å². The highest BCUT2D eigenvalue weighted by molar-refractivity contribution is 6.21. The van der Waals surface area contributed by atoms with E-state index in [0.29, 0.717) is 36.1 Å². The molecule has 3 heteroatoms. The number of benzene rings is 3. The van der Waals surface area contributed by atoms with Gasteiger partial charge in [0.05, 0.1) is 5.92 Å². The molecule has 9 rings (SSSR count). The van der Waals surface area contributed by atoms with Crippen LogP contribution in [0, 0.1) is 23.7 Å². The standard InChI is InChI=1S/C62H75NO2/c1-9-13-15-22-40(7)57-61(64)50(38(5)21-14-10-2)37-53(62(57)65)58-43(31-33-48-46-25-16-23-42-24-17-27-49(59(42)46)56(48)39(6)19-11-3)29-30-44(58)32-34-54-52-36-45-35-51(45)47-26-18-28-55(60(47)52)63(54)41(8)20-12-4/h16-18,23-28,31-34,36,39-41,45,51,56-57H,9-15,19-22,29-30,35,37H2,1-8H3/b43-31+,44-32+,48-33+,50-38+,54-34+,58-53-. The summed E-state index contributed by atoms with van der Waals surface area (Å²) >= 11 is 0. The van der Waals surface area contributed by atoms with Crippen molar-refractivity contribution in [1.82, 2.24) is 4.57 Å². The molecule has 0 bridgehead atoms. The maximum absolute atomic E-state index is 15.4. The van der Waals surface area contributed by atoms with Gasteiger partial charge in [-0.25, -0.2) is 0 Å². The molecule has 3 aromatic carbocycles. The van der Waals surface area contributed by atoms with E-state index in [1.807, 2.05) is 0 Å². The van der Waals surface area contributed by atoms with E-state index in [0.717, 1.165) is 93.8 Å². The van der Waals surface area contributed by atoms with Crippen molar-refractivity contribution >= 4 is 51.0 Å². The largest absolute Gasteiger partial charge is 0.338 e. The number of ketones is 2. The van der Waals surface area contributed by atoms with E-state index in [4.69, 9.17) is 0 Å². The third-order valence-corrected chi connectivity index (χ3v) is 16.4. The average Bonchev–Trinajstić information content (AvgIpc) is 3.73. The van der Waals surface area contributed by atoms with Gasteiger partial charge in [0, 0.05) is 45.4 Å². The van der Waals surface area contributed by atoms with Crippen molar-refractivity contribution in [1.29, 1.82) is 0 Å². The highest BCUT2D eigenvalue weighted by atomic mass is 16.2. The first-order chi connectivity index (χ1) is 31.6. The molecule has 0 saturated heterocycles. The van der Waals surface area contributed by atoms with Gasteiger partial charge in [-0.15, -0.1) is 0 Å². The third-order valence-electron chi connectivity index (χ3n) is 16.4. The molecule has 1 aromatic heterocycles. The van der Waals surface area contributed by atoms with Crippen LogP contribution in [0.5, 0.6) is 0 Å². The summed E-state index contributed by atoms with van der Waals surface area (Å²) < 4.78 is 2.63. The molecule has 3 saturated carbocycles. The number of fused-ring (bicyclic) bond motifs is 2. The Balaban J connectivity index is 1.26. The Labute approximate surface area is 390 Å². The molecule has 1 heterocycles. The van der Waals surface area contributed by atoms with Crippen molar-refractivity contribution < 1.29 is 9.59 Å². The van der Waals surface area contributed by atoms with Crippen LogP contribution in [0.1, 0.15) is 186 Å². The number of unbranched alkanes of at least 4 members (excludes halogenated alkanes) is 3. The predicted molar refractivity (Wildman–Crippen MR) is 275 cm³/mol. The van der Waals surface area contributed by atoms with E-state index in [9.17, 15) is 4.79 Å². The van der Waals surface area contributed by atoms with Crippen molar-refractivity contribution in [2.45, 2.75) is 170 Å². The van der Waals surface area contributed by atoms with Gasteiger partial charge < -0.3 is 4.57 Å². The molecule has 0 amide bonds. The SMILES string of the molecule is CCCCCC(C)C1C(=O)/C(=C2C(=C/C=C3\c4cccc5cccc(c45)C3C(C)CCC)/CCC/2=C\C=c2/c3c4c(cccc4n2C(C)CCC)C2CC2C=3)C/C(=C(/C)CCCC)C1=O. The summed E-state index contributed by atoms with van der Waals surface area (Å²) in [6.07, 6.45) is 27.5. The summed E-state index contributed by atoms with van der Waals surface area (Å²) in [6.45, 7) is 18.2. The zero-order valence-corrected chi connectivity index (χ0v) is 41.0. The maximum atomic E-state index is 15.4. The molecule has 0 aliphatic heterocycles. The molecule has 0 N–H and O–H groups in total. The number of aromatic nitrogens is 1. The quantitative estimate of drug-likeness (QED) is 0.0639. The van der Waals surface area contributed by atoms with Crippen molar-refractivity contribution in [2.75, 3.05) is 0 Å². The van der Waals surface area contributed by atoms with Crippen LogP contribution < -0.4 is 10.6 Å². The molecule has 7 atom stereocenters. The lowest BCUT2D eigenvalue weighted by atomic mass is 9.70. The van der Waals surface area contributed by atoms with Crippen LogP contribution in [-0.2, 0) is 9.59 Å². The van der Waals surface area contributed by atoms with Crippen LogP contribution in [0.15, 0.2) is 106 Å². The number of hydrogen-bond donors (Lipinski definition) is 0. The first kappa shape index (κ1) is 45.4. The topological polar surface area (TPSA) is 39.1 Å². The Morgan fingerprint density at radius 2 is 1.40 bits per heavy atom. The highest BCUT2D eigenvalue weighted by Gasteiger charge is 2.44. The minimum atomic E-state index is -0.622. The van der Waals surface area contributed by atoms with E-state index >= 15 is 4.79 Å². The minimum absolute atomic E-state index is 0.000457. The fraction of sp³-hybridized carbons (Fsp3) is 0.484. The fourth-order valence-electron chi connectivity index (χ4n) is 12.9. The average molecular weight is 866 g/mol. The number of carbonyl (C=O) groups is 2. The molecular formula is C62H75NO2. The summed E-state index contributed by atoms with van der Waals surface area (Å²) in [5.41, 5.74) is 13.7. The van der Waals surface area contributed by atoms with Gasteiger partial charge in [0.25, 0.3) is 0 Å². The van der Waals surface area contributed by atoms with Crippen molar-refractivity contribution in [2.24, 2.45) is 23.7 Å². The summed E-state index contributed by atoms with van der Waals surface area (Å²) in [5.74, 6) is 1.67. The summed E-state index contributed by atoms with van der Waals surface area (Å²) in [4.78, 5) is 30.1. The molecule has 5 aliphatic rings. The molecule has 3 fully saturated rings. The number of hydrogen-bond acceptors (Lipinski definition) is 2. The Bertz CT molecular complexity index is 2810. The van der Waals surface area contributed by atoms with Crippen LogP contribution in [0.3, 0.4) is 0 Å². The van der Waals surface area contributed by atoms with Gasteiger partial charge in [-0.05, 0) is 150 Å². The van der Waals surface area contributed by atoms with Crippen LogP contribution in [0.4, 0.5) is 0 Å². The molecule has 65 heavy (non-hydrogen) atoms. The normalized spacial score (nSPS) is 26.8. The van der Waals surface area contributed by atoms with E-state index in [2.05, 4.69) is 145 Å². The van der Waals surface area contributed by atoms with Gasteiger partial charge in [0.15, 0.2) is 11.6 Å². The van der Waals surface area contributed by atoms with Gasteiger partial charge in [0.2, 0.25) is 0 Å². The van der Waals surface area contributed by atoms with E-state index in [-0.39, 0.29) is 17.5 Å². The number of nitrogens with zero attached hydrogens (tertiary/aromatic N) is 1. The second-order valence-electron chi connectivity index (χ2n) is 21.0. The fourth-order valence-corrected chi connectivity index (χ4v) is 12.9. The molecule has 340 valence electrons. The molecule has 7 unspecified atom stereocenters. The van der Waals surface area contributed by atoms with Crippen LogP contribution in [0.25, 0.3) is 39.4 Å². The highest BCUT2D eigenvalue weighted by Crippen LogP contribution is 2.53. The lowest BCUT2D eigenvalue weighted by molar-refractivity contribution is -0.132. The molecule has 0 radical (unpaired) electrons. The summed E-state index contributed by atoms with van der Waals surface area (Å²) in [5, 5.41) is 6.88. The number of rotatable bonds is 16. The van der Waals surface area contributed by atoms with Crippen LogP contribution >= 0.6 is 0 Å². The van der Waals surface area contributed by atoms with Crippen molar-refractivity contribution in [3.63, 3.8) is 0 Å². The maximum Gasteiger partial charge on any atom is 0.170 e. The molecular weight excluding hydrogens is 791 g/mol. The number of Topliss-reactive ketones (excluding diaryl/α,β-unsaturated/α-hetero) is 2. The van der Waals surface area contributed by atoms with Gasteiger partial charge >= 0.3 is 0 Å². The van der Waals surface area contributed by atoms with Gasteiger partial charge in [-0.2, -0.15) is 0 Å². The second-order valence-corrected chi connectivity index (χ2v) is 21.0. The Hall–Kier alpha value is -4.76. The van der Waals surface area contributed by atoms with Crippen LogP contribution in [-0.4, -0.2) is 16.1 Å². The second kappa shape index (κ2) is 19.2. The summed E-state index contributed by atoms with van der Waals surface area (Å²) in [7, 11) is 0. The van der Waals surface area contributed by atoms with Gasteiger partial charge in [0.1, 0.15) is 0 Å². The van der Waals surface area contributed by atoms with E-state index < -0.39 is 5.92 Å². The lowest BCUT2D eigenvalue weighted by Gasteiger charge is -2.31. The van der Waals surface area contributed by atoms with Crippen molar-refractivity contribution in [3.05, 3.63) is 134 Å². The molecule has 4 aromatic rings. The van der Waals surface area contributed by atoms with E-state index in [1.165, 1.54) is 84.1 Å². The predicted octanol–water partition coefficient (Wildman–Crippen LogP) is 15.3. The Morgan fingerprint density at radius 3 is 2.14 bits per heavy atom. The molecule has 3 nitrogen and oxygen atoms in total. The third kappa shape index (κ3) is 8.27.